The minimum absolute atomic E-state index is 0.162. The first-order valence-electron chi connectivity index (χ1n) is 12.1. The van der Waals surface area contributed by atoms with Crippen molar-refractivity contribution in [2.45, 2.75) is 0 Å². The monoisotopic (exact) mass is 500 g/mol. The second-order valence-corrected chi connectivity index (χ2v) is 8.46. The minimum atomic E-state index is -0.426. The van der Waals surface area contributed by atoms with Crippen molar-refractivity contribution in [2.24, 2.45) is 5.10 Å². The summed E-state index contributed by atoms with van der Waals surface area (Å²) in [5.41, 5.74) is 5.86. The molecule has 0 spiro atoms. The Morgan fingerprint density at radius 3 is 2.13 bits per heavy atom. The number of rotatable bonds is 8. The summed E-state index contributed by atoms with van der Waals surface area (Å²) in [6.45, 7) is -0.162. The third-order valence-corrected chi connectivity index (χ3v) is 5.83. The van der Waals surface area contributed by atoms with Gasteiger partial charge in [-0.3, -0.25) is 4.79 Å². The van der Waals surface area contributed by atoms with Crippen LogP contribution in [0, 0.1) is 0 Å². The summed E-state index contributed by atoms with van der Waals surface area (Å²) >= 11 is 0. The maximum absolute atomic E-state index is 12.7. The van der Waals surface area contributed by atoms with Crippen molar-refractivity contribution in [2.75, 3.05) is 6.61 Å². The number of nitrogens with zero attached hydrogens (tertiary/aromatic N) is 1. The van der Waals surface area contributed by atoms with E-state index in [0.29, 0.717) is 17.1 Å². The van der Waals surface area contributed by atoms with Crippen molar-refractivity contribution in [3.05, 3.63) is 132 Å². The molecule has 0 aliphatic rings. The molecule has 6 nitrogen and oxygen atoms in total. The second-order valence-electron chi connectivity index (χ2n) is 8.46. The van der Waals surface area contributed by atoms with E-state index in [1.54, 1.807) is 30.3 Å². The smallest absolute Gasteiger partial charge is 0.344 e. The van der Waals surface area contributed by atoms with E-state index in [2.05, 4.69) is 10.5 Å². The number of nitrogens with one attached hydrogen (secondary N) is 1. The van der Waals surface area contributed by atoms with Crippen LogP contribution in [0.25, 0.3) is 21.9 Å². The summed E-state index contributed by atoms with van der Waals surface area (Å²) in [6, 6.07) is 37.6. The average molecular weight is 501 g/mol. The normalized spacial score (nSPS) is 10.8. The summed E-state index contributed by atoms with van der Waals surface area (Å²) in [5, 5.41) is 5.78. The predicted molar refractivity (Wildman–Crippen MR) is 148 cm³/mol. The molecule has 0 aromatic heterocycles. The molecule has 0 unspecified atom stereocenters. The van der Waals surface area contributed by atoms with Gasteiger partial charge in [0.05, 0.1) is 11.8 Å². The predicted octanol–water partition coefficient (Wildman–Crippen LogP) is 6.26. The van der Waals surface area contributed by atoms with Crippen LogP contribution in [0.1, 0.15) is 15.9 Å². The lowest BCUT2D eigenvalue weighted by atomic mass is 10.0. The van der Waals surface area contributed by atoms with E-state index >= 15 is 0 Å². The van der Waals surface area contributed by atoms with Crippen LogP contribution in [-0.2, 0) is 4.79 Å². The molecule has 1 amide bonds. The van der Waals surface area contributed by atoms with Crippen molar-refractivity contribution >= 4 is 28.9 Å². The van der Waals surface area contributed by atoms with Gasteiger partial charge in [0, 0.05) is 0 Å². The maximum atomic E-state index is 12.7. The Hall–Kier alpha value is -5.23. The van der Waals surface area contributed by atoms with Crippen LogP contribution in [0.15, 0.2) is 126 Å². The van der Waals surface area contributed by atoms with E-state index in [4.69, 9.17) is 9.47 Å². The summed E-state index contributed by atoms with van der Waals surface area (Å²) in [6.07, 6.45) is 1.50. The Morgan fingerprint density at radius 2 is 1.34 bits per heavy atom. The Labute approximate surface area is 220 Å². The van der Waals surface area contributed by atoms with Crippen molar-refractivity contribution in [3.8, 4) is 22.6 Å². The van der Waals surface area contributed by atoms with Gasteiger partial charge in [0.1, 0.15) is 11.5 Å². The molecule has 0 saturated carbocycles. The molecule has 0 aliphatic heterocycles. The van der Waals surface area contributed by atoms with Crippen LogP contribution in [0.2, 0.25) is 0 Å². The van der Waals surface area contributed by atoms with Gasteiger partial charge in [-0.25, -0.2) is 10.2 Å². The molecule has 0 radical (unpaired) electrons. The average Bonchev–Trinajstić information content (AvgIpc) is 2.97. The second kappa shape index (κ2) is 11.7. The molecule has 1 N–H and O–H groups in total. The van der Waals surface area contributed by atoms with Crippen LogP contribution in [-0.4, -0.2) is 24.7 Å². The van der Waals surface area contributed by atoms with E-state index < -0.39 is 5.97 Å². The topological polar surface area (TPSA) is 77.0 Å². The Bertz CT molecular complexity index is 1570. The van der Waals surface area contributed by atoms with Gasteiger partial charge >= 0.3 is 5.97 Å². The molecule has 0 aliphatic carbocycles. The Balaban J connectivity index is 1.10. The highest BCUT2D eigenvalue weighted by molar-refractivity contribution is 6.05. The first-order chi connectivity index (χ1) is 18.7. The Kier molecular flexibility index (Phi) is 7.51. The standard InChI is InChI=1S/C32H24N2O4/c35-31(22-37-27-19-15-25(16-20-27)24-7-2-1-3-8-24)34-33-21-23-13-17-28(18-14-23)38-32(36)30-12-6-10-26-9-4-5-11-29(26)30/h1-21H,22H2,(H,34,35)/b33-21-. The number of fused-ring (bicyclic) bond motifs is 1. The highest BCUT2D eigenvalue weighted by atomic mass is 16.5. The highest BCUT2D eigenvalue weighted by Gasteiger charge is 2.12. The molecule has 5 rings (SSSR count). The molecule has 5 aromatic carbocycles. The van der Waals surface area contributed by atoms with E-state index in [0.717, 1.165) is 27.5 Å². The molecular formula is C32H24N2O4. The molecule has 186 valence electrons. The third-order valence-electron chi connectivity index (χ3n) is 5.83. The van der Waals surface area contributed by atoms with Gasteiger partial charge in [-0.05, 0) is 69.9 Å². The molecular weight excluding hydrogens is 476 g/mol. The first-order valence-corrected chi connectivity index (χ1v) is 12.1. The fourth-order valence-corrected chi connectivity index (χ4v) is 3.92. The van der Waals surface area contributed by atoms with Crippen LogP contribution >= 0.6 is 0 Å². The van der Waals surface area contributed by atoms with E-state index in [1.807, 2.05) is 91.0 Å². The van der Waals surface area contributed by atoms with Crippen LogP contribution < -0.4 is 14.9 Å². The lowest BCUT2D eigenvalue weighted by Gasteiger charge is -2.07. The zero-order chi connectivity index (χ0) is 26.2. The Morgan fingerprint density at radius 1 is 0.684 bits per heavy atom. The zero-order valence-corrected chi connectivity index (χ0v) is 20.4. The van der Waals surface area contributed by atoms with Gasteiger partial charge in [0.15, 0.2) is 6.61 Å². The highest BCUT2D eigenvalue weighted by Crippen LogP contribution is 2.23. The van der Waals surface area contributed by atoms with Gasteiger partial charge in [0.2, 0.25) is 0 Å². The van der Waals surface area contributed by atoms with Gasteiger partial charge in [-0.1, -0.05) is 78.9 Å². The lowest BCUT2D eigenvalue weighted by molar-refractivity contribution is -0.123. The number of amides is 1. The van der Waals surface area contributed by atoms with E-state index in [9.17, 15) is 9.59 Å². The number of hydrogen-bond donors (Lipinski definition) is 1. The summed E-state index contributed by atoms with van der Waals surface area (Å²) in [7, 11) is 0. The quantitative estimate of drug-likeness (QED) is 0.118. The van der Waals surface area contributed by atoms with Crippen molar-refractivity contribution in [3.63, 3.8) is 0 Å². The number of esters is 1. The van der Waals surface area contributed by atoms with Crippen molar-refractivity contribution in [1.82, 2.24) is 5.43 Å². The molecule has 5 aromatic rings. The van der Waals surface area contributed by atoms with Crippen molar-refractivity contribution < 1.29 is 19.1 Å². The number of benzene rings is 5. The van der Waals surface area contributed by atoms with Gasteiger partial charge in [-0.15, -0.1) is 0 Å². The maximum Gasteiger partial charge on any atom is 0.344 e. The fourth-order valence-electron chi connectivity index (χ4n) is 3.92. The largest absolute Gasteiger partial charge is 0.484 e. The van der Waals surface area contributed by atoms with Crippen LogP contribution in [0.5, 0.6) is 11.5 Å². The van der Waals surface area contributed by atoms with Crippen LogP contribution in [0.4, 0.5) is 0 Å². The van der Waals surface area contributed by atoms with E-state index in [-0.39, 0.29) is 12.5 Å². The number of hydrogen-bond acceptors (Lipinski definition) is 5. The molecule has 38 heavy (non-hydrogen) atoms. The third kappa shape index (κ3) is 6.12. The van der Waals surface area contributed by atoms with E-state index in [1.165, 1.54) is 6.21 Å². The number of ether oxygens (including phenoxy) is 2. The van der Waals surface area contributed by atoms with Crippen LogP contribution in [0.3, 0.4) is 0 Å². The number of carbonyl (C=O) groups is 2. The fraction of sp³-hybridized carbons (Fsp3) is 0.0312. The first kappa shape index (κ1) is 24.5. The molecule has 6 heteroatoms. The zero-order valence-electron chi connectivity index (χ0n) is 20.4. The molecule has 0 heterocycles. The summed E-state index contributed by atoms with van der Waals surface area (Å²) in [5.74, 6) is 0.201. The summed E-state index contributed by atoms with van der Waals surface area (Å²) < 4.78 is 11.1. The van der Waals surface area contributed by atoms with Gasteiger partial charge < -0.3 is 9.47 Å². The lowest BCUT2D eigenvalue weighted by Crippen LogP contribution is -2.24. The molecule has 0 bridgehead atoms. The van der Waals surface area contributed by atoms with Gasteiger partial charge in [-0.2, -0.15) is 5.10 Å². The molecule has 0 atom stereocenters. The summed E-state index contributed by atoms with van der Waals surface area (Å²) in [4.78, 5) is 24.8. The number of carbonyl (C=O) groups excluding carboxylic acids is 2. The molecule has 0 fully saturated rings. The van der Waals surface area contributed by atoms with Gasteiger partial charge in [0.25, 0.3) is 5.91 Å². The minimum Gasteiger partial charge on any atom is -0.484 e. The van der Waals surface area contributed by atoms with Crippen molar-refractivity contribution in [1.29, 1.82) is 0 Å². The SMILES string of the molecule is O=C(COc1ccc(-c2ccccc2)cc1)N/N=C\c1ccc(OC(=O)c2cccc3ccccc23)cc1. The number of hydrazone groups is 1. The molecule has 0 saturated heterocycles.